The number of hydrogen-bond donors (Lipinski definition) is 2. The smallest absolute Gasteiger partial charge is 0.326 e. The van der Waals surface area contributed by atoms with E-state index in [9.17, 15) is 14.7 Å². The van der Waals surface area contributed by atoms with Crippen LogP contribution >= 0.6 is 0 Å². The number of carbonyl (C=O) groups excluding carboxylic acids is 1. The summed E-state index contributed by atoms with van der Waals surface area (Å²) in [7, 11) is 0. The molecule has 0 aliphatic heterocycles. The SMILES string of the molecule is CC(C)C[C@H](NC(=O)c1cccc(-n2ccnn2)c1)C(=O)O. The Bertz CT molecular complexity index is 653. The third-order valence-electron chi connectivity index (χ3n) is 3.11. The van der Waals surface area contributed by atoms with E-state index in [1.807, 2.05) is 13.8 Å². The molecule has 2 rings (SSSR count). The highest BCUT2D eigenvalue weighted by molar-refractivity contribution is 5.97. The van der Waals surface area contributed by atoms with Crippen LogP contribution in [0, 0.1) is 5.92 Å². The fraction of sp³-hybridized carbons (Fsp3) is 0.333. The van der Waals surface area contributed by atoms with Gasteiger partial charge in [0.15, 0.2) is 0 Å². The van der Waals surface area contributed by atoms with Gasteiger partial charge in [0.05, 0.1) is 18.1 Å². The van der Waals surface area contributed by atoms with Crippen LogP contribution in [0.2, 0.25) is 0 Å². The highest BCUT2D eigenvalue weighted by Gasteiger charge is 2.21. The summed E-state index contributed by atoms with van der Waals surface area (Å²) in [5.41, 5.74) is 1.06. The Balaban J connectivity index is 2.15. The Morgan fingerprint density at radius 2 is 2.14 bits per heavy atom. The van der Waals surface area contributed by atoms with E-state index in [0.717, 1.165) is 0 Å². The number of nitrogens with one attached hydrogen (secondary N) is 1. The van der Waals surface area contributed by atoms with Crippen LogP contribution in [0.3, 0.4) is 0 Å². The average Bonchev–Trinajstić information content (AvgIpc) is 3.00. The molecule has 22 heavy (non-hydrogen) atoms. The standard InChI is InChI=1S/C15H18N4O3/c1-10(2)8-13(15(21)22)17-14(20)11-4-3-5-12(9-11)19-7-6-16-18-19/h3-7,9-10,13H,8H2,1-2H3,(H,17,20)(H,21,22)/t13-/m0/s1. The maximum Gasteiger partial charge on any atom is 0.326 e. The molecule has 1 aromatic carbocycles. The minimum absolute atomic E-state index is 0.169. The van der Waals surface area contributed by atoms with Gasteiger partial charge in [0, 0.05) is 5.56 Å². The summed E-state index contributed by atoms with van der Waals surface area (Å²) in [6.07, 6.45) is 3.58. The third-order valence-corrected chi connectivity index (χ3v) is 3.11. The first-order valence-corrected chi connectivity index (χ1v) is 6.98. The molecule has 116 valence electrons. The lowest BCUT2D eigenvalue weighted by Crippen LogP contribution is -2.41. The summed E-state index contributed by atoms with van der Waals surface area (Å²) in [5, 5.41) is 19.3. The van der Waals surface area contributed by atoms with Crippen molar-refractivity contribution in [3.8, 4) is 5.69 Å². The van der Waals surface area contributed by atoms with Crippen molar-refractivity contribution in [2.45, 2.75) is 26.3 Å². The molecule has 2 N–H and O–H groups in total. The van der Waals surface area contributed by atoms with Crippen molar-refractivity contribution in [3.63, 3.8) is 0 Å². The molecule has 7 nitrogen and oxygen atoms in total. The minimum Gasteiger partial charge on any atom is -0.480 e. The van der Waals surface area contributed by atoms with E-state index in [4.69, 9.17) is 0 Å². The van der Waals surface area contributed by atoms with E-state index >= 15 is 0 Å². The Hall–Kier alpha value is -2.70. The van der Waals surface area contributed by atoms with Crippen molar-refractivity contribution in [1.82, 2.24) is 20.3 Å². The first kappa shape index (κ1) is 15.7. The van der Waals surface area contributed by atoms with Gasteiger partial charge in [-0.3, -0.25) is 4.79 Å². The Morgan fingerprint density at radius 1 is 1.36 bits per heavy atom. The number of aromatic nitrogens is 3. The number of carboxylic acids is 1. The molecule has 0 aliphatic rings. The maximum absolute atomic E-state index is 12.2. The van der Waals surface area contributed by atoms with E-state index in [0.29, 0.717) is 17.7 Å². The molecule has 1 amide bonds. The van der Waals surface area contributed by atoms with E-state index in [2.05, 4.69) is 15.6 Å². The normalized spacial score (nSPS) is 12.1. The topological polar surface area (TPSA) is 97.1 Å². The number of carbonyl (C=O) groups is 2. The van der Waals surface area contributed by atoms with Gasteiger partial charge >= 0.3 is 5.97 Å². The van der Waals surface area contributed by atoms with Gasteiger partial charge in [0.25, 0.3) is 5.91 Å². The molecule has 2 aromatic rings. The van der Waals surface area contributed by atoms with Crippen molar-refractivity contribution < 1.29 is 14.7 Å². The van der Waals surface area contributed by atoms with Gasteiger partial charge in [-0.2, -0.15) is 0 Å². The number of aliphatic carboxylic acids is 1. The number of benzene rings is 1. The van der Waals surface area contributed by atoms with E-state index in [1.54, 1.807) is 30.5 Å². The van der Waals surface area contributed by atoms with Crippen LogP contribution in [0.15, 0.2) is 36.7 Å². The highest BCUT2D eigenvalue weighted by Crippen LogP contribution is 2.11. The molecule has 0 unspecified atom stereocenters. The number of rotatable bonds is 6. The molecule has 0 bridgehead atoms. The van der Waals surface area contributed by atoms with Crippen LogP contribution in [-0.4, -0.2) is 38.0 Å². The first-order chi connectivity index (χ1) is 10.5. The van der Waals surface area contributed by atoms with Crippen LogP contribution in [0.25, 0.3) is 5.69 Å². The molecule has 0 saturated heterocycles. The van der Waals surface area contributed by atoms with Crippen LogP contribution in [0.4, 0.5) is 0 Å². The van der Waals surface area contributed by atoms with Crippen LogP contribution < -0.4 is 5.32 Å². The van der Waals surface area contributed by atoms with Crippen molar-refractivity contribution in [2.75, 3.05) is 0 Å². The molecular formula is C15H18N4O3. The Labute approximate surface area is 128 Å². The molecule has 7 heteroatoms. The summed E-state index contributed by atoms with van der Waals surface area (Å²) in [5.74, 6) is -1.28. The second-order valence-electron chi connectivity index (χ2n) is 5.39. The van der Waals surface area contributed by atoms with Gasteiger partial charge in [-0.1, -0.05) is 25.1 Å². The number of carboxylic acid groups (broad SMARTS) is 1. The molecule has 1 aromatic heterocycles. The summed E-state index contributed by atoms with van der Waals surface area (Å²) in [6.45, 7) is 3.82. The van der Waals surface area contributed by atoms with E-state index < -0.39 is 17.9 Å². The van der Waals surface area contributed by atoms with Crippen molar-refractivity contribution in [2.24, 2.45) is 5.92 Å². The predicted molar refractivity (Wildman–Crippen MR) is 79.7 cm³/mol. The zero-order valence-corrected chi connectivity index (χ0v) is 12.4. The lowest BCUT2D eigenvalue weighted by atomic mass is 10.0. The van der Waals surface area contributed by atoms with Crippen LogP contribution in [-0.2, 0) is 4.79 Å². The first-order valence-electron chi connectivity index (χ1n) is 6.98. The fourth-order valence-electron chi connectivity index (χ4n) is 2.07. The molecule has 0 radical (unpaired) electrons. The zero-order valence-electron chi connectivity index (χ0n) is 12.4. The largest absolute Gasteiger partial charge is 0.480 e. The van der Waals surface area contributed by atoms with Gasteiger partial charge < -0.3 is 10.4 Å². The molecule has 1 atom stereocenters. The predicted octanol–water partition coefficient (Wildman–Crippen LogP) is 1.50. The summed E-state index contributed by atoms with van der Waals surface area (Å²) in [4.78, 5) is 23.5. The average molecular weight is 302 g/mol. The fourth-order valence-corrected chi connectivity index (χ4v) is 2.07. The third kappa shape index (κ3) is 3.91. The Morgan fingerprint density at radius 3 is 2.73 bits per heavy atom. The van der Waals surface area contributed by atoms with Gasteiger partial charge in [0.2, 0.25) is 0 Å². The van der Waals surface area contributed by atoms with Crippen molar-refractivity contribution >= 4 is 11.9 Å². The molecule has 0 aliphatic carbocycles. The summed E-state index contributed by atoms with van der Waals surface area (Å²) < 4.78 is 1.53. The highest BCUT2D eigenvalue weighted by atomic mass is 16.4. The van der Waals surface area contributed by atoms with E-state index in [1.165, 1.54) is 10.9 Å². The second-order valence-corrected chi connectivity index (χ2v) is 5.39. The summed E-state index contributed by atoms with van der Waals surface area (Å²) in [6, 6.07) is 5.86. The Kier molecular flexibility index (Phi) is 4.88. The van der Waals surface area contributed by atoms with Gasteiger partial charge in [-0.05, 0) is 30.5 Å². The number of hydrogen-bond acceptors (Lipinski definition) is 4. The minimum atomic E-state index is -1.03. The zero-order chi connectivity index (χ0) is 16.1. The molecule has 1 heterocycles. The second kappa shape index (κ2) is 6.84. The molecular weight excluding hydrogens is 284 g/mol. The molecule has 0 fully saturated rings. The van der Waals surface area contributed by atoms with Crippen molar-refractivity contribution in [3.05, 3.63) is 42.2 Å². The summed E-state index contributed by atoms with van der Waals surface area (Å²) >= 11 is 0. The van der Waals surface area contributed by atoms with Gasteiger partial charge in [-0.25, -0.2) is 9.48 Å². The van der Waals surface area contributed by atoms with Crippen LogP contribution in [0.5, 0.6) is 0 Å². The number of nitrogens with zero attached hydrogens (tertiary/aromatic N) is 3. The molecule has 0 spiro atoms. The lowest BCUT2D eigenvalue weighted by molar-refractivity contribution is -0.139. The van der Waals surface area contributed by atoms with Gasteiger partial charge in [-0.15, -0.1) is 5.10 Å². The molecule has 0 saturated carbocycles. The van der Waals surface area contributed by atoms with Crippen molar-refractivity contribution in [1.29, 1.82) is 0 Å². The van der Waals surface area contributed by atoms with E-state index in [-0.39, 0.29) is 5.92 Å². The monoisotopic (exact) mass is 302 g/mol. The van der Waals surface area contributed by atoms with Crippen LogP contribution in [0.1, 0.15) is 30.6 Å². The maximum atomic E-state index is 12.2. The quantitative estimate of drug-likeness (QED) is 0.842. The number of amides is 1. The van der Waals surface area contributed by atoms with Gasteiger partial charge in [0.1, 0.15) is 6.04 Å². The lowest BCUT2D eigenvalue weighted by Gasteiger charge is -2.16.